The zero-order valence-corrected chi connectivity index (χ0v) is 13.5. The molecule has 0 amide bonds. The van der Waals surface area contributed by atoms with Crippen molar-refractivity contribution in [2.24, 2.45) is 0 Å². The van der Waals surface area contributed by atoms with Crippen LogP contribution in [0.15, 0.2) is 36.5 Å². The Balaban J connectivity index is 4.83. The number of hydrogen-bond donors (Lipinski definition) is 3. The summed E-state index contributed by atoms with van der Waals surface area (Å²) in [4.78, 5) is 64.9. The molecule has 0 saturated carbocycles. The minimum absolute atomic E-state index is 0.475. The normalized spacial score (nSPS) is 12.0. The van der Waals surface area contributed by atoms with Crippen molar-refractivity contribution in [3.63, 3.8) is 0 Å². The van der Waals surface area contributed by atoms with Crippen LogP contribution in [0.5, 0.6) is 0 Å². The number of carbonyl (C=O) groups is 6. The number of carboxylic acid groups (broad SMARTS) is 3. The summed E-state index contributed by atoms with van der Waals surface area (Å²) in [5.41, 5.74) is 0. The number of esters is 3. The Morgan fingerprint density at radius 2 is 0.926 bits per heavy atom. The second-order valence-electron chi connectivity index (χ2n) is 4.33. The average Bonchev–Trinajstić information content (AvgIpc) is 2.58. The van der Waals surface area contributed by atoms with Crippen molar-refractivity contribution in [1.29, 1.82) is 0 Å². The number of ether oxygens (including phenoxy) is 3. The molecule has 0 aromatic heterocycles. The molecule has 0 aromatic carbocycles. The van der Waals surface area contributed by atoms with Crippen LogP contribution < -0.4 is 0 Å². The van der Waals surface area contributed by atoms with Crippen LogP contribution >= 0.6 is 0 Å². The molecule has 0 bridgehead atoms. The third-order valence-electron chi connectivity index (χ3n) is 2.19. The Morgan fingerprint density at radius 3 is 1.26 bits per heavy atom. The van der Waals surface area contributed by atoms with Crippen molar-refractivity contribution in [3.8, 4) is 0 Å². The summed E-state index contributed by atoms with van der Waals surface area (Å²) >= 11 is 0. The van der Waals surface area contributed by atoms with Crippen molar-refractivity contribution >= 4 is 35.8 Å². The largest absolute Gasteiger partial charge is 0.478 e. The SMILES string of the molecule is O=C(O)C=CC(=O)OCC(COC(=O)C=CC(=O)O)OC(=O)C=CC(=O)O. The highest BCUT2D eigenvalue weighted by atomic mass is 16.6. The van der Waals surface area contributed by atoms with Crippen molar-refractivity contribution < 1.29 is 58.3 Å². The molecule has 0 fully saturated rings. The summed E-state index contributed by atoms with van der Waals surface area (Å²) < 4.78 is 13.9. The van der Waals surface area contributed by atoms with Crippen LogP contribution in [-0.2, 0) is 43.0 Å². The first-order valence-electron chi connectivity index (χ1n) is 6.87. The molecule has 0 aromatic rings. The molecule has 0 atom stereocenters. The zero-order valence-electron chi connectivity index (χ0n) is 13.5. The molecule has 0 rings (SSSR count). The van der Waals surface area contributed by atoms with E-state index in [1.807, 2.05) is 0 Å². The Morgan fingerprint density at radius 1 is 0.593 bits per heavy atom. The molecule has 0 aliphatic heterocycles. The fourth-order valence-electron chi connectivity index (χ4n) is 1.18. The number of hydrogen-bond acceptors (Lipinski definition) is 9. The standard InChI is InChI=1S/C15H14O12/c16-10(17)1-4-13(22)25-7-9(27-15(24)6-3-12(20)21)8-26-14(23)5-2-11(18)19/h1-6,9H,7-8H2,(H,16,17)(H,18,19)(H,20,21). The van der Waals surface area contributed by atoms with E-state index >= 15 is 0 Å². The van der Waals surface area contributed by atoms with Crippen LogP contribution in [0.2, 0.25) is 0 Å². The topological polar surface area (TPSA) is 191 Å². The molecular weight excluding hydrogens is 372 g/mol. The maximum absolute atomic E-state index is 11.4. The summed E-state index contributed by atoms with van der Waals surface area (Å²) in [6, 6.07) is 0. The molecule has 3 N–H and O–H groups in total. The molecule has 0 radical (unpaired) electrons. The van der Waals surface area contributed by atoms with E-state index in [4.69, 9.17) is 20.1 Å². The second kappa shape index (κ2) is 12.4. The quantitative estimate of drug-likeness (QED) is 0.221. The molecule has 0 unspecified atom stereocenters. The van der Waals surface area contributed by atoms with Gasteiger partial charge in [0.1, 0.15) is 13.2 Å². The lowest BCUT2D eigenvalue weighted by molar-refractivity contribution is -0.160. The smallest absolute Gasteiger partial charge is 0.331 e. The van der Waals surface area contributed by atoms with Gasteiger partial charge in [0.2, 0.25) is 0 Å². The Hall–Kier alpha value is -3.96. The van der Waals surface area contributed by atoms with E-state index in [1.165, 1.54) is 0 Å². The minimum Gasteiger partial charge on any atom is -0.478 e. The van der Waals surface area contributed by atoms with Gasteiger partial charge in [0.05, 0.1) is 0 Å². The van der Waals surface area contributed by atoms with Gasteiger partial charge in [0.15, 0.2) is 6.10 Å². The van der Waals surface area contributed by atoms with E-state index in [2.05, 4.69) is 9.47 Å². The van der Waals surface area contributed by atoms with Gasteiger partial charge < -0.3 is 29.5 Å². The van der Waals surface area contributed by atoms with E-state index in [9.17, 15) is 28.8 Å². The Bertz CT molecular complexity index is 645. The van der Waals surface area contributed by atoms with Crippen LogP contribution in [0.3, 0.4) is 0 Å². The molecule has 0 aliphatic carbocycles. The van der Waals surface area contributed by atoms with Gasteiger partial charge in [-0.2, -0.15) is 0 Å². The van der Waals surface area contributed by atoms with Gasteiger partial charge in [-0.25, -0.2) is 28.8 Å². The van der Waals surface area contributed by atoms with Crippen molar-refractivity contribution in [3.05, 3.63) is 36.5 Å². The molecule has 0 heterocycles. The molecular formula is C15H14O12. The number of carboxylic acids is 3. The maximum Gasteiger partial charge on any atom is 0.331 e. The second-order valence-corrected chi connectivity index (χ2v) is 4.33. The maximum atomic E-state index is 11.4. The highest BCUT2D eigenvalue weighted by Crippen LogP contribution is 2.00. The molecule has 12 nitrogen and oxygen atoms in total. The van der Waals surface area contributed by atoms with Gasteiger partial charge >= 0.3 is 35.8 Å². The van der Waals surface area contributed by atoms with Crippen LogP contribution in [0.25, 0.3) is 0 Å². The summed E-state index contributed by atoms with van der Waals surface area (Å²) in [6.07, 6.45) is 1.79. The van der Waals surface area contributed by atoms with Crippen molar-refractivity contribution in [2.45, 2.75) is 6.10 Å². The Kier molecular flexibility index (Phi) is 10.6. The molecule has 146 valence electrons. The fourth-order valence-corrected chi connectivity index (χ4v) is 1.18. The lowest BCUT2D eigenvalue weighted by Crippen LogP contribution is -2.30. The molecule has 0 spiro atoms. The van der Waals surface area contributed by atoms with E-state index < -0.39 is 55.1 Å². The number of rotatable bonds is 11. The van der Waals surface area contributed by atoms with Gasteiger partial charge in [-0.15, -0.1) is 0 Å². The van der Waals surface area contributed by atoms with Gasteiger partial charge in [0.25, 0.3) is 0 Å². The monoisotopic (exact) mass is 386 g/mol. The fraction of sp³-hybridized carbons (Fsp3) is 0.200. The van der Waals surface area contributed by atoms with Gasteiger partial charge in [-0.1, -0.05) is 0 Å². The third-order valence-corrected chi connectivity index (χ3v) is 2.19. The van der Waals surface area contributed by atoms with Crippen LogP contribution in [0, 0.1) is 0 Å². The zero-order chi connectivity index (χ0) is 20.8. The third kappa shape index (κ3) is 14.1. The highest BCUT2D eigenvalue weighted by Gasteiger charge is 2.18. The highest BCUT2D eigenvalue weighted by molar-refractivity contribution is 5.92. The predicted octanol–water partition coefficient (Wildman–Crippen LogP) is -1.09. The van der Waals surface area contributed by atoms with Gasteiger partial charge in [-0.05, 0) is 0 Å². The first-order chi connectivity index (χ1) is 12.6. The van der Waals surface area contributed by atoms with Crippen molar-refractivity contribution in [2.75, 3.05) is 13.2 Å². The summed E-state index contributed by atoms with van der Waals surface area (Å²) in [6.45, 7) is -1.32. The summed E-state index contributed by atoms with van der Waals surface area (Å²) in [5.74, 6) is -7.61. The number of carbonyl (C=O) groups excluding carboxylic acids is 3. The predicted molar refractivity (Wildman–Crippen MR) is 82.1 cm³/mol. The molecule has 12 heteroatoms. The van der Waals surface area contributed by atoms with E-state index in [0.717, 1.165) is 0 Å². The molecule has 0 aliphatic rings. The van der Waals surface area contributed by atoms with Crippen LogP contribution in [0.1, 0.15) is 0 Å². The summed E-state index contributed by atoms with van der Waals surface area (Å²) in [7, 11) is 0. The van der Waals surface area contributed by atoms with Crippen molar-refractivity contribution in [1.82, 2.24) is 0 Å². The lowest BCUT2D eigenvalue weighted by Gasteiger charge is -2.16. The first-order valence-corrected chi connectivity index (χ1v) is 6.87. The Labute approximate surface area is 150 Å². The average molecular weight is 386 g/mol. The molecule has 0 saturated heterocycles. The van der Waals surface area contributed by atoms with E-state index in [-0.39, 0.29) is 0 Å². The first kappa shape index (κ1) is 23.0. The van der Waals surface area contributed by atoms with Gasteiger partial charge in [-0.3, -0.25) is 0 Å². The van der Waals surface area contributed by atoms with E-state index in [1.54, 1.807) is 0 Å². The van der Waals surface area contributed by atoms with Crippen LogP contribution in [-0.4, -0.2) is 70.5 Å². The lowest BCUT2D eigenvalue weighted by atomic mass is 10.4. The minimum atomic E-state index is -1.43. The number of aliphatic carboxylic acids is 3. The van der Waals surface area contributed by atoms with Gasteiger partial charge in [0, 0.05) is 36.5 Å². The van der Waals surface area contributed by atoms with E-state index in [0.29, 0.717) is 36.5 Å². The molecule has 27 heavy (non-hydrogen) atoms. The van der Waals surface area contributed by atoms with Crippen LogP contribution in [0.4, 0.5) is 0 Å². The summed E-state index contributed by atoms with van der Waals surface area (Å²) in [5, 5.41) is 25.2.